The number of ether oxygens (including phenoxy) is 1. The molecule has 0 saturated carbocycles. The summed E-state index contributed by atoms with van der Waals surface area (Å²) >= 11 is 6.08. The Balaban J connectivity index is 2.65. The molecule has 1 N–H and O–H groups in total. The maximum absolute atomic E-state index is 6.08. The highest BCUT2D eigenvalue weighted by molar-refractivity contribution is 6.31. The van der Waals surface area contributed by atoms with Crippen LogP contribution >= 0.6 is 11.6 Å². The molecule has 0 atom stereocenters. The Bertz CT molecular complexity index is 353. The van der Waals surface area contributed by atoms with Crippen molar-refractivity contribution in [3.8, 4) is 5.88 Å². The van der Waals surface area contributed by atoms with Crippen molar-refractivity contribution in [2.45, 2.75) is 40.3 Å². The fourth-order valence-corrected chi connectivity index (χ4v) is 1.41. The molecule has 0 amide bonds. The van der Waals surface area contributed by atoms with Gasteiger partial charge in [-0.3, -0.25) is 0 Å². The number of aromatic nitrogens is 1. The van der Waals surface area contributed by atoms with Gasteiger partial charge in [-0.15, -0.1) is 0 Å². The Labute approximate surface area is 109 Å². The van der Waals surface area contributed by atoms with Crippen LogP contribution in [0.25, 0.3) is 0 Å². The van der Waals surface area contributed by atoms with Crippen LogP contribution in [-0.2, 0) is 6.54 Å². The molecule has 0 aliphatic carbocycles. The van der Waals surface area contributed by atoms with Gasteiger partial charge in [-0.2, -0.15) is 0 Å². The van der Waals surface area contributed by atoms with Gasteiger partial charge in [0.15, 0.2) is 0 Å². The zero-order chi connectivity index (χ0) is 12.8. The van der Waals surface area contributed by atoms with Crippen LogP contribution in [0.2, 0.25) is 5.02 Å². The molecule has 0 radical (unpaired) electrons. The number of nitrogens with zero attached hydrogens (tertiary/aromatic N) is 1. The van der Waals surface area contributed by atoms with E-state index in [-0.39, 0.29) is 0 Å². The smallest absolute Gasteiger partial charge is 0.213 e. The normalized spacial score (nSPS) is 11.2. The van der Waals surface area contributed by atoms with Crippen molar-refractivity contribution in [1.29, 1.82) is 0 Å². The van der Waals surface area contributed by atoms with Crippen LogP contribution in [0.15, 0.2) is 12.3 Å². The predicted molar refractivity (Wildman–Crippen MR) is 71.6 cm³/mol. The van der Waals surface area contributed by atoms with E-state index in [0.717, 1.165) is 12.1 Å². The van der Waals surface area contributed by atoms with Crippen molar-refractivity contribution < 1.29 is 4.74 Å². The van der Waals surface area contributed by atoms with E-state index in [2.05, 4.69) is 38.0 Å². The number of hydrogen-bond donors (Lipinski definition) is 1. The first-order valence-electron chi connectivity index (χ1n) is 5.99. The summed E-state index contributed by atoms with van der Waals surface area (Å²) in [6, 6.07) is 2.33. The van der Waals surface area contributed by atoms with Gasteiger partial charge in [-0.1, -0.05) is 39.3 Å². The lowest BCUT2D eigenvalue weighted by Gasteiger charge is -2.12. The van der Waals surface area contributed by atoms with E-state index in [4.69, 9.17) is 16.3 Å². The summed E-state index contributed by atoms with van der Waals surface area (Å²) in [5.74, 6) is 1.13. The molecule has 1 aromatic heterocycles. The average Bonchev–Trinajstić information content (AvgIpc) is 2.26. The first-order valence-corrected chi connectivity index (χ1v) is 6.37. The topological polar surface area (TPSA) is 34.1 Å². The Morgan fingerprint density at radius 3 is 2.65 bits per heavy atom. The van der Waals surface area contributed by atoms with Crippen molar-refractivity contribution in [2.75, 3.05) is 6.61 Å². The molecule has 1 rings (SSSR count). The zero-order valence-electron chi connectivity index (χ0n) is 11.0. The second-order valence-electron chi connectivity index (χ2n) is 4.85. The first-order chi connectivity index (χ1) is 7.99. The summed E-state index contributed by atoms with van der Waals surface area (Å²) in [7, 11) is 0. The zero-order valence-corrected chi connectivity index (χ0v) is 11.7. The number of halogens is 1. The molecule has 0 aliphatic heterocycles. The predicted octanol–water partition coefficient (Wildman–Crippen LogP) is 3.27. The number of rotatable bonds is 6. The summed E-state index contributed by atoms with van der Waals surface area (Å²) in [4.78, 5) is 4.16. The van der Waals surface area contributed by atoms with Crippen LogP contribution in [0.1, 0.15) is 33.3 Å². The molecule has 3 nitrogen and oxygen atoms in total. The van der Waals surface area contributed by atoms with Gasteiger partial charge in [-0.05, 0) is 11.5 Å². The summed E-state index contributed by atoms with van der Waals surface area (Å²) in [6.07, 6.45) is 1.65. The van der Waals surface area contributed by atoms with Crippen molar-refractivity contribution in [2.24, 2.45) is 5.92 Å². The highest BCUT2D eigenvalue weighted by atomic mass is 35.5. The van der Waals surface area contributed by atoms with Gasteiger partial charge in [0, 0.05) is 24.8 Å². The van der Waals surface area contributed by atoms with Gasteiger partial charge in [0.2, 0.25) is 5.88 Å². The number of pyridine rings is 1. The quantitative estimate of drug-likeness (QED) is 0.848. The maximum atomic E-state index is 6.08. The standard InChI is InChI=1S/C13H21ClN2O/c1-9(2)8-17-13-5-11(6-15-10(3)4)12(14)7-16-13/h5,7,9-10,15H,6,8H2,1-4H3. The van der Waals surface area contributed by atoms with Gasteiger partial charge in [-0.25, -0.2) is 4.98 Å². The maximum Gasteiger partial charge on any atom is 0.213 e. The monoisotopic (exact) mass is 256 g/mol. The Kier molecular flexibility index (Phi) is 5.72. The van der Waals surface area contributed by atoms with E-state index < -0.39 is 0 Å². The van der Waals surface area contributed by atoms with Crippen LogP contribution < -0.4 is 10.1 Å². The molecule has 17 heavy (non-hydrogen) atoms. The fraction of sp³-hybridized carbons (Fsp3) is 0.615. The Hall–Kier alpha value is -0.800. The molecular weight excluding hydrogens is 236 g/mol. The molecule has 0 aliphatic rings. The van der Waals surface area contributed by atoms with Crippen molar-refractivity contribution in [1.82, 2.24) is 10.3 Å². The van der Waals surface area contributed by atoms with Crippen molar-refractivity contribution >= 4 is 11.6 Å². The van der Waals surface area contributed by atoms with E-state index >= 15 is 0 Å². The third-order valence-electron chi connectivity index (χ3n) is 2.17. The fourth-order valence-electron chi connectivity index (χ4n) is 1.24. The molecule has 0 unspecified atom stereocenters. The van der Waals surface area contributed by atoms with Gasteiger partial charge in [0.25, 0.3) is 0 Å². The van der Waals surface area contributed by atoms with Crippen LogP contribution in [0, 0.1) is 5.92 Å². The highest BCUT2D eigenvalue weighted by Crippen LogP contribution is 2.19. The van der Waals surface area contributed by atoms with Crippen LogP contribution in [-0.4, -0.2) is 17.6 Å². The summed E-state index contributed by atoms with van der Waals surface area (Å²) < 4.78 is 5.57. The first kappa shape index (κ1) is 14.3. The minimum Gasteiger partial charge on any atom is -0.477 e. The van der Waals surface area contributed by atoms with E-state index in [9.17, 15) is 0 Å². The molecule has 4 heteroatoms. The van der Waals surface area contributed by atoms with Gasteiger partial charge in [0.1, 0.15) is 0 Å². The largest absolute Gasteiger partial charge is 0.477 e. The average molecular weight is 257 g/mol. The molecule has 1 heterocycles. The molecule has 96 valence electrons. The minimum absolute atomic E-state index is 0.430. The lowest BCUT2D eigenvalue weighted by molar-refractivity contribution is 0.261. The van der Waals surface area contributed by atoms with Crippen molar-refractivity contribution in [3.63, 3.8) is 0 Å². The van der Waals surface area contributed by atoms with Crippen LogP contribution in [0.4, 0.5) is 0 Å². The van der Waals surface area contributed by atoms with Crippen LogP contribution in [0.5, 0.6) is 5.88 Å². The SMILES string of the molecule is CC(C)COc1cc(CNC(C)C)c(Cl)cn1. The Morgan fingerprint density at radius 2 is 2.06 bits per heavy atom. The highest BCUT2D eigenvalue weighted by Gasteiger charge is 2.05. The van der Waals surface area contributed by atoms with Gasteiger partial charge >= 0.3 is 0 Å². The van der Waals surface area contributed by atoms with E-state index in [0.29, 0.717) is 29.5 Å². The Morgan fingerprint density at radius 1 is 1.35 bits per heavy atom. The molecule has 0 saturated heterocycles. The third-order valence-corrected chi connectivity index (χ3v) is 2.52. The second kappa shape index (κ2) is 6.82. The molecule has 0 fully saturated rings. The lowest BCUT2D eigenvalue weighted by Crippen LogP contribution is -2.22. The summed E-state index contributed by atoms with van der Waals surface area (Å²) in [5, 5.41) is 4.00. The van der Waals surface area contributed by atoms with Gasteiger partial charge in [0.05, 0.1) is 11.6 Å². The van der Waals surface area contributed by atoms with E-state index in [1.54, 1.807) is 6.20 Å². The van der Waals surface area contributed by atoms with E-state index in [1.165, 1.54) is 0 Å². The third kappa shape index (κ3) is 5.37. The minimum atomic E-state index is 0.430. The van der Waals surface area contributed by atoms with E-state index in [1.807, 2.05) is 6.07 Å². The summed E-state index contributed by atoms with van der Waals surface area (Å²) in [5.41, 5.74) is 1.02. The molecule has 0 aromatic carbocycles. The summed E-state index contributed by atoms with van der Waals surface area (Å²) in [6.45, 7) is 9.83. The molecule has 1 aromatic rings. The van der Waals surface area contributed by atoms with Crippen LogP contribution in [0.3, 0.4) is 0 Å². The second-order valence-corrected chi connectivity index (χ2v) is 5.26. The molecule has 0 bridgehead atoms. The lowest BCUT2D eigenvalue weighted by atomic mass is 10.2. The van der Waals surface area contributed by atoms with Crippen molar-refractivity contribution in [3.05, 3.63) is 22.8 Å². The molecular formula is C13H21ClN2O. The van der Waals surface area contributed by atoms with Gasteiger partial charge < -0.3 is 10.1 Å². The number of nitrogens with one attached hydrogen (secondary N) is 1. The number of hydrogen-bond acceptors (Lipinski definition) is 3. The molecule has 0 spiro atoms.